The fourth-order valence-corrected chi connectivity index (χ4v) is 2.76. The zero-order chi connectivity index (χ0) is 15.5. The number of hydrogen-bond donors (Lipinski definition) is 1. The summed E-state index contributed by atoms with van der Waals surface area (Å²) in [6.07, 6.45) is 4.89. The number of nitrogens with one attached hydrogen (secondary N) is 1. The van der Waals surface area contributed by atoms with E-state index in [2.05, 4.69) is 25.4 Å². The molecule has 0 unspecified atom stereocenters. The van der Waals surface area contributed by atoms with E-state index >= 15 is 0 Å². The van der Waals surface area contributed by atoms with Crippen molar-refractivity contribution < 1.29 is 9.32 Å². The Labute approximate surface area is 130 Å². The maximum Gasteiger partial charge on any atom is 0.257 e. The molecule has 0 saturated carbocycles. The fourth-order valence-electron chi connectivity index (χ4n) is 1.98. The van der Waals surface area contributed by atoms with Crippen molar-refractivity contribution >= 4 is 17.2 Å². The molecule has 22 heavy (non-hydrogen) atoms. The number of nitrogens with zero attached hydrogens (tertiary/aromatic N) is 4. The molecule has 0 spiro atoms. The van der Waals surface area contributed by atoms with Crippen molar-refractivity contribution in [2.24, 2.45) is 0 Å². The molecule has 1 N–H and O–H groups in total. The zero-order valence-corrected chi connectivity index (χ0v) is 12.8. The van der Waals surface area contributed by atoms with Gasteiger partial charge >= 0.3 is 0 Å². The molecule has 8 heteroatoms. The van der Waals surface area contributed by atoms with Crippen LogP contribution in [0.15, 0.2) is 28.5 Å². The van der Waals surface area contributed by atoms with E-state index in [-0.39, 0.29) is 5.91 Å². The molecular formula is C14H13N5O2S. The Hall–Kier alpha value is -2.61. The Morgan fingerprint density at radius 2 is 2.23 bits per heavy atom. The van der Waals surface area contributed by atoms with Gasteiger partial charge in [0, 0.05) is 17.8 Å². The maximum atomic E-state index is 12.1. The van der Waals surface area contributed by atoms with Gasteiger partial charge in [-0.3, -0.25) is 14.8 Å². The van der Waals surface area contributed by atoms with E-state index in [4.69, 9.17) is 4.52 Å². The van der Waals surface area contributed by atoms with Gasteiger partial charge in [-0.1, -0.05) is 5.16 Å². The lowest BCUT2D eigenvalue weighted by Crippen LogP contribution is -2.24. The van der Waals surface area contributed by atoms with Crippen LogP contribution in [0.2, 0.25) is 0 Å². The van der Waals surface area contributed by atoms with Gasteiger partial charge in [-0.2, -0.15) is 0 Å². The molecule has 0 fully saturated rings. The van der Waals surface area contributed by atoms with Crippen LogP contribution in [0.3, 0.4) is 0 Å². The highest BCUT2D eigenvalue weighted by atomic mass is 32.1. The number of amides is 1. The van der Waals surface area contributed by atoms with E-state index in [1.165, 1.54) is 11.3 Å². The maximum absolute atomic E-state index is 12.1. The standard InChI is InChI=1S/C14H13N5O2S/c1-8-12(9(2)21-19-8)13(20)17-5-10-7-22-14(18-10)11-6-15-3-4-16-11/h3-4,6-7H,5H2,1-2H3,(H,17,20). The summed E-state index contributed by atoms with van der Waals surface area (Å²) in [5, 5.41) is 9.25. The van der Waals surface area contributed by atoms with E-state index in [0.717, 1.165) is 16.4 Å². The van der Waals surface area contributed by atoms with E-state index in [9.17, 15) is 4.79 Å². The Morgan fingerprint density at radius 1 is 1.36 bits per heavy atom. The second kappa shape index (κ2) is 6.02. The molecule has 0 atom stereocenters. The van der Waals surface area contributed by atoms with Crippen LogP contribution in [0.25, 0.3) is 10.7 Å². The molecule has 3 aromatic rings. The number of thiazole rings is 1. The first-order valence-corrected chi connectivity index (χ1v) is 7.45. The molecular weight excluding hydrogens is 302 g/mol. The van der Waals surface area contributed by atoms with Gasteiger partial charge in [0.15, 0.2) is 0 Å². The summed E-state index contributed by atoms with van der Waals surface area (Å²) in [5.41, 5.74) is 2.54. The van der Waals surface area contributed by atoms with Gasteiger partial charge in [-0.25, -0.2) is 4.98 Å². The molecule has 0 aliphatic rings. The molecule has 3 heterocycles. The van der Waals surface area contributed by atoms with Crippen molar-refractivity contribution in [3.8, 4) is 10.7 Å². The molecule has 0 saturated heterocycles. The molecule has 0 aromatic carbocycles. The van der Waals surface area contributed by atoms with E-state index < -0.39 is 0 Å². The van der Waals surface area contributed by atoms with Gasteiger partial charge < -0.3 is 9.84 Å². The Bertz CT molecular complexity index is 777. The normalized spacial score (nSPS) is 10.6. The minimum absolute atomic E-state index is 0.217. The lowest BCUT2D eigenvalue weighted by Gasteiger charge is -2.02. The van der Waals surface area contributed by atoms with Crippen molar-refractivity contribution in [3.63, 3.8) is 0 Å². The van der Waals surface area contributed by atoms with E-state index in [1.807, 2.05) is 5.38 Å². The monoisotopic (exact) mass is 315 g/mol. The number of rotatable bonds is 4. The predicted molar refractivity (Wildman–Crippen MR) is 80.3 cm³/mol. The number of carbonyl (C=O) groups is 1. The highest BCUT2D eigenvalue weighted by molar-refractivity contribution is 7.13. The quantitative estimate of drug-likeness (QED) is 0.792. The van der Waals surface area contributed by atoms with Gasteiger partial charge in [0.05, 0.1) is 24.1 Å². The van der Waals surface area contributed by atoms with Gasteiger partial charge in [-0.05, 0) is 13.8 Å². The van der Waals surface area contributed by atoms with Crippen LogP contribution in [0, 0.1) is 13.8 Å². The molecule has 1 amide bonds. The van der Waals surface area contributed by atoms with Crippen molar-refractivity contribution in [2.75, 3.05) is 0 Å². The minimum Gasteiger partial charge on any atom is -0.361 e. The van der Waals surface area contributed by atoms with E-state index in [1.54, 1.807) is 32.4 Å². The third-order valence-corrected chi connectivity index (χ3v) is 3.94. The third-order valence-electron chi connectivity index (χ3n) is 3.02. The molecule has 7 nitrogen and oxygen atoms in total. The molecule has 3 rings (SSSR count). The second-order valence-electron chi connectivity index (χ2n) is 4.62. The summed E-state index contributed by atoms with van der Waals surface area (Å²) < 4.78 is 4.99. The molecule has 0 aliphatic carbocycles. The van der Waals surface area contributed by atoms with Crippen LogP contribution in [-0.2, 0) is 6.54 Å². The largest absolute Gasteiger partial charge is 0.361 e. The number of aromatic nitrogens is 4. The SMILES string of the molecule is Cc1noc(C)c1C(=O)NCc1csc(-c2cnccn2)n1. The summed E-state index contributed by atoms with van der Waals surface area (Å²) in [7, 11) is 0. The Kier molecular flexibility index (Phi) is 3.92. The first-order chi connectivity index (χ1) is 10.6. The van der Waals surface area contributed by atoms with E-state index in [0.29, 0.717) is 23.6 Å². The molecule has 0 radical (unpaired) electrons. The summed E-state index contributed by atoms with van der Waals surface area (Å²) in [6.45, 7) is 3.78. The Morgan fingerprint density at radius 3 is 2.91 bits per heavy atom. The minimum atomic E-state index is -0.217. The average molecular weight is 315 g/mol. The second-order valence-corrected chi connectivity index (χ2v) is 5.47. The summed E-state index contributed by atoms with van der Waals surface area (Å²) in [6, 6.07) is 0. The highest BCUT2D eigenvalue weighted by Gasteiger charge is 2.17. The van der Waals surface area contributed by atoms with Crippen LogP contribution in [0.5, 0.6) is 0 Å². The average Bonchev–Trinajstić information content (AvgIpc) is 3.13. The van der Waals surface area contributed by atoms with Gasteiger partial charge in [0.1, 0.15) is 22.0 Å². The van der Waals surface area contributed by atoms with Crippen LogP contribution in [0.1, 0.15) is 27.5 Å². The van der Waals surface area contributed by atoms with Gasteiger partial charge in [0.25, 0.3) is 5.91 Å². The first-order valence-electron chi connectivity index (χ1n) is 6.57. The van der Waals surface area contributed by atoms with Crippen molar-refractivity contribution in [2.45, 2.75) is 20.4 Å². The topological polar surface area (TPSA) is 93.8 Å². The third kappa shape index (κ3) is 2.86. The summed E-state index contributed by atoms with van der Waals surface area (Å²) in [4.78, 5) is 24.8. The highest BCUT2D eigenvalue weighted by Crippen LogP contribution is 2.20. The molecule has 0 bridgehead atoms. The van der Waals surface area contributed by atoms with Crippen molar-refractivity contribution in [1.29, 1.82) is 0 Å². The smallest absolute Gasteiger partial charge is 0.257 e. The lowest BCUT2D eigenvalue weighted by atomic mass is 10.2. The van der Waals surface area contributed by atoms with Crippen LogP contribution >= 0.6 is 11.3 Å². The van der Waals surface area contributed by atoms with Crippen molar-refractivity contribution in [1.82, 2.24) is 25.4 Å². The lowest BCUT2D eigenvalue weighted by molar-refractivity contribution is 0.0948. The van der Waals surface area contributed by atoms with Gasteiger partial charge in [-0.15, -0.1) is 11.3 Å². The van der Waals surface area contributed by atoms with Gasteiger partial charge in [0.2, 0.25) is 0 Å². The predicted octanol–water partition coefficient (Wildman–Crippen LogP) is 2.13. The number of aryl methyl sites for hydroxylation is 2. The fraction of sp³-hybridized carbons (Fsp3) is 0.214. The Balaban J connectivity index is 1.68. The number of carbonyl (C=O) groups excluding carboxylic acids is 1. The zero-order valence-electron chi connectivity index (χ0n) is 12.0. The van der Waals surface area contributed by atoms with Crippen LogP contribution in [-0.4, -0.2) is 26.0 Å². The summed E-state index contributed by atoms with van der Waals surface area (Å²) >= 11 is 1.46. The van der Waals surface area contributed by atoms with Crippen LogP contribution < -0.4 is 5.32 Å². The molecule has 3 aromatic heterocycles. The van der Waals surface area contributed by atoms with Crippen molar-refractivity contribution in [3.05, 3.63) is 46.7 Å². The molecule has 0 aliphatic heterocycles. The molecule has 112 valence electrons. The number of hydrogen-bond acceptors (Lipinski definition) is 7. The van der Waals surface area contributed by atoms with Crippen LogP contribution in [0.4, 0.5) is 0 Å². The summed E-state index contributed by atoms with van der Waals surface area (Å²) in [5.74, 6) is 0.291. The first kappa shape index (κ1) is 14.3.